The minimum Gasteiger partial charge on any atom is -0.354 e. The van der Waals surface area contributed by atoms with Crippen LogP contribution in [0.15, 0.2) is 168 Å². The first kappa shape index (κ1) is 98.2. The second-order valence-corrected chi connectivity index (χ2v) is 32.2. The summed E-state index contributed by atoms with van der Waals surface area (Å²) in [7, 11) is 0. The molecule has 19 heterocycles. The first-order valence-corrected chi connectivity index (χ1v) is 41.8. The van der Waals surface area contributed by atoms with E-state index in [0.717, 1.165) is 33.3 Å². The molecule has 730 valence electrons. The SMILES string of the molecule is CC(C)(C(=O)NCC(F)(F)F)n1cnc2cnc(-c3c[nH]c4ncncc34)nc21.CC(C)(Nc1nc(-c2c[nH]c3ncncc23)ncc1F)C(=O)NCC(F)F.CC(C)[C@H](C(=O)NCC(F)(F)F)n1ccc2cnc(-c3c[nH]c4ncncc34)nc21.O=C(CCn1ccc2cnc(-c3c[nH]c4ncncc34)nc21)NCC(F)(F)F.O=C(Cn1ccc2cnc(-c3c[nH]c4ncncc34)nc21)NCC(F)(F)F. The van der Waals surface area contributed by atoms with Crippen LogP contribution in [0.2, 0.25) is 0 Å². The first-order chi connectivity index (χ1) is 67.0. The van der Waals surface area contributed by atoms with Crippen LogP contribution in [0, 0.1) is 11.7 Å². The van der Waals surface area contributed by atoms with Gasteiger partial charge in [-0.1, -0.05) is 13.8 Å². The second-order valence-electron chi connectivity index (χ2n) is 32.2. The van der Waals surface area contributed by atoms with Crippen molar-refractivity contribution in [2.45, 2.75) is 109 Å². The molecule has 0 unspecified atom stereocenters. The van der Waals surface area contributed by atoms with Gasteiger partial charge in [0.1, 0.15) is 132 Å². The Kier molecular flexibility index (Phi) is 28.2. The monoisotopic (exact) mass is 1960 g/mol. The number of hydrogen-bond donors (Lipinski definition) is 11. The van der Waals surface area contributed by atoms with E-state index in [4.69, 9.17) is 0 Å². The van der Waals surface area contributed by atoms with Crippen molar-refractivity contribution in [2.24, 2.45) is 5.92 Å². The van der Waals surface area contributed by atoms with Gasteiger partial charge in [-0.3, -0.25) is 24.0 Å². The lowest BCUT2D eigenvalue weighted by atomic mass is 10.0. The fourth-order valence-electron chi connectivity index (χ4n) is 14.2. The lowest BCUT2D eigenvalue weighted by molar-refractivity contribution is -0.142. The molecule has 41 nitrogen and oxygen atoms in total. The molecule has 19 aromatic heterocycles. The molecule has 0 aliphatic rings. The Balaban J connectivity index is 0.000000133. The quantitative estimate of drug-likeness (QED) is 0.0250. The van der Waals surface area contributed by atoms with E-state index < -0.39 is 116 Å². The van der Waals surface area contributed by atoms with Gasteiger partial charge in [-0.15, -0.1) is 0 Å². The fraction of sp³-hybridized carbons (Fsp3) is 0.271. The number of nitrogens with zero attached hydrogens (tertiary/aromatic N) is 25. The predicted molar refractivity (Wildman–Crippen MR) is 475 cm³/mol. The van der Waals surface area contributed by atoms with Gasteiger partial charge in [-0.05, 0) is 51.8 Å². The maximum absolute atomic E-state index is 14.2. The molecule has 0 saturated heterocycles. The molecule has 0 aliphatic carbocycles. The van der Waals surface area contributed by atoms with Crippen LogP contribution in [0.5, 0.6) is 0 Å². The fourth-order valence-corrected chi connectivity index (χ4v) is 14.2. The van der Waals surface area contributed by atoms with Gasteiger partial charge in [0.15, 0.2) is 46.4 Å². The highest BCUT2D eigenvalue weighted by atomic mass is 19.4. The molecule has 0 fully saturated rings. The normalized spacial score (nSPS) is 12.3. The Morgan fingerprint density at radius 3 is 1.22 bits per heavy atom. The van der Waals surface area contributed by atoms with Gasteiger partial charge in [0, 0.05) is 183 Å². The van der Waals surface area contributed by atoms with Gasteiger partial charge in [-0.25, -0.2) is 118 Å². The van der Waals surface area contributed by atoms with Crippen molar-refractivity contribution >= 4 is 135 Å². The molecule has 11 N–H and O–H groups in total. The molecule has 0 bridgehead atoms. The number of aromatic amines is 5. The van der Waals surface area contributed by atoms with E-state index in [0.29, 0.717) is 123 Å². The highest BCUT2D eigenvalue weighted by Gasteiger charge is 2.38. The van der Waals surface area contributed by atoms with E-state index in [1.807, 2.05) is 21.3 Å². The molecular formula is C85H75F15N36O5. The lowest BCUT2D eigenvalue weighted by Gasteiger charge is -2.26. The molecule has 19 rings (SSSR count). The molecular weight excluding hydrogens is 1890 g/mol. The zero-order chi connectivity index (χ0) is 101. The summed E-state index contributed by atoms with van der Waals surface area (Å²) in [5.74, 6) is -3.22. The second kappa shape index (κ2) is 40.5. The molecule has 0 saturated carbocycles. The number of hydrogen-bond acceptors (Lipinski definition) is 27. The van der Waals surface area contributed by atoms with Gasteiger partial charge in [0.2, 0.25) is 29.5 Å². The molecule has 5 amide bonds. The molecule has 0 aliphatic heterocycles. The molecule has 141 heavy (non-hydrogen) atoms. The molecule has 56 heteroatoms. The number of fused-ring (bicyclic) bond motifs is 9. The van der Waals surface area contributed by atoms with Crippen LogP contribution in [-0.4, -0.2) is 247 Å². The van der Waals surface area contributed by atoms with E-state index in [1.54, 1.807) is 140 Å². The third kappa shape index (κ3) is 23.3. The number of imidazole rings is 1. The minimum absolute atomic E-state index is 0.0971. The smallest absolute Gasteiger partial charge is 0.354 e. The highest BCUT2D eigenvalue weighted by Crippen LogP contribution is 2.35. The Morgan fingerprint density at radius 2 is 0.780 bits per heavy atom. The molecule has 1 atom stereocenters. The summed E-state index contributed by atoms with van der Waals surface area (Å²) < 4.78 is 193. The standard InChI is InChI=1S/C19H18F3N7O.C17H15F3N8O.C17H14F3N7O.C16H12F3N7O.C16H16F3N7O/c1-10(2)14(18(30)26-8-19(20,21)22)29-4-3-11-5-24-16(28-17(11)29)13-7-25-15-12(13)6-23-9-27-15;1-16(2,15(29)24-6-17(18,19)20)28-8-26-11-5-23-13(27-14(11)28)10-4-22-12-9(10)3-21-7-25-12;18-17(19,20)8-24-13(28)2-4-27-3-1-10-5-22-15(26-16(10)27)12-7-23-14-11(12)6-21-9-25-14;17-16(18,19)7-23-12(27)6-26-2-1-9-3-21-14(25-15(9)26)11-5-22-13-10(11)4-20-8-24-13;1-16(2,15(27)23-6-11(18)19)26-14-10(17)5-22-13(25-14)9-4-21-12-8(9)3-20-7-24-12/h3-7,9-10,14H,8H2,1-2H3,(H,26,30)(H,23,25,27);3-5,7-8H,6H2,1-2H3,(H,24,29)(H,21,22,25);1,3,5-7,9H,2,4,8H2,(H,24,28)(H,21,23,25);1-5,8H,6-7H2,(H,23,27)(H,20,22,24);3-5,7,11H,6H2,1-2H3,(H,23,27)(H,20,21,24)(H,22,25,26)/t14-;;;;/m1..../s1. The number of rotatable bonds is 24. The van der Waals surface area contributed by atoms with Crippen molar-refractivity contribution in [1.82, 2.24) is 174 Å². The molecule has 0 radical (unpaired) electrons. The van der Waals surface area contributed by atoms with E-state index in [1.165, 1.54) is 81.0 Å². The van der Waals surface area contributed by atoms with Crippen LogP contribution in [-0.2, 0) is 42.6 Å². The predicted octanol–water partition coefficient (Wildman–Crippen LogP) is 12.0. The summed E-state index contributed by atoms with van der Waals surface area (Å²) >= 11 is 0. The summed E-state index contributed by atoms with van der Waals surface area (Å²) in [6, 6.07) is 4.34. The first-order valence-electron chi connectivity index (χ1n) is 41.8. The van der Waals surface area contributed by atoms with Crippen molar-refractivity contribution in [3.8, 4) is 56.9 Å². The van der Waals surface area contributed by atoms with Gasteiger partial charge in [-0.2, -0.15) is 52.7 Å². The number of alkyl halides is 14. The van der Waals surface area contributed by atoms with Crippen LogP contribution in [0.25, 0.3) is 156 Å². The maximum atomic E-state index is 14.2. The summed E-state index contributed by atoms with van der Waals surface area (Å²) in [4.78, 5) is 164. The Labute approximate surface area is 779 Å². The number of carbonyl (C=O) groups excluding carboxylic acids is 5. The topological polar surface area (TPSA) is 527 Å². The Hall–Kier alpha value is -17.3. The van der Waals surface area contributed by atoms with Gasteiger partial charge in [0.25, 0.3) is 6.43 Å². The van der Waals surface area contributed by atoms with E-state index in [-0.39, 0.29) is 37.1 Å². The third-order valence-electron chi connectivity index (χ3n) is 21.0. The van der Waals surface area contributed by atoms with Crippen molar-refractivity contribution in [2.75, 3.05) is 38.0 Å². The van der Waals surface area contributed by atoms with E-state index in [9.17, 15) is 89.8 Å². The summed E-state index contributed by atoms with van der Waals surface area (Å²) in [6.07, 6.45) is 16.5. The van der Waals surface area contributed by atoms with Crippen LogP contribution < -0.4 is 31.9 Å². The molecule has 0 spiro atoms. The average Bonchev–Trinajstić information content (AvgIpc) is 1.69. The van der Waals surface area contributed by atoms with Gasteiger partial charge in [0.05, 0.1) is 25.3 Å². The van der Waals surface area contributed by atoms with Gasteiger partial charge >= 0.3 is 24.7 Å². The number of carbonyl (C=O) groups is 5. The lowest BCUT2D eigenvalue weighted by Crippen LogP contribution is -2.49. The number of H-pyrrole nitrogens is 5. The van der Waals surface area contributed by atoms with Crippen LogP contribution in [0.3, 0.4) is 0 Å². The number of halogens is 15. The van der Waals surface area contributed by atoms with Crippen LogP contribution >= 0.6 is 0 Å². The molecule has 19 aromatic rings. The third-order valence-corrected chi connectivity index (χ3v) is 21.0. The van der Waals surface area contributed by atoms with Crippen LogP contribution in [0.4, 0.5) is 71.7 Å². The van der Waals surface area contributed by atoms with Crippen molar-refractivity contribution in [1.29, 1.82) is 0 Å². The number of nitrogens with one attached hydrogen (secondary N) is 11. The largest absolute Gasteiger partial charge is 0.405 e. The Morgan fingerprint density at radius 1 is 0.404 bits per heavy atom. The maximum Gasteiger partial charge on any atom is 0.405 e. The number of anilines is 1. The van der Waals surface area contributed by atoms with Crippen molar-refractivity contribution in [3.63, 3.8) is 0 Å². The van der Waals surface area contributed by atoms with Crippen LogP contribution in [0.1, 0.15) is 54.0 Å². The number of aryl methyl sites for hydroxylation is 1. The zero-order valence-corrected chi connectivity index (χ0v) is 73.9. The van der Waals surface area contributed by atoms with E-state index in [2.05, 4.69) is 140 Å². The minimum atomic E-state index is -4.50. The van der Waals surface area contributed by atoms with Crippen molar-refractivity contribution < 1.29 is 89.8 Å². The van der Waals surface area contributed by atoms with Gasteiger partial charge < -0.3 is 75.1 Å². The van der Waals surface area contributed by atoms with Crippen molar-refractivity contribution in [3.05, 3.63) is 174 Å². The number of aromatic nitrogens is 30. The summed E-state index contributed by atoms with van der Waals surface area (Å²) in [5.41, 5.74) is 5.82. The summed E-state index contributed by atoms with van der Waals surface area (Å²) in [5, 5.41) is 18.0. The summed E-state index contributed by atoms with van der Waals surface area (Å²) in [6.45, 7) is 2.95. The zero-order valence-electron chi connectivity index (χ0n) is 73.9. The highest BCUT2D eigenvalue weighted by molar-refractivity contribution is 5.97. The van der Waals surface area contributed by atoms with E-state index >= 15 is 0 Å². The molecule has 0 aromatic carbocycles. The Bertz CT molecular complexity index is 7760. The number of amides is 5. The average molecular weight is 1970 g/mol.